The number of ether oxygens (including phenoxy) is 1. The van der Waals surface area contributed by atoms with E-state index >= 15 is 0 Å². The summed E-state index contributed by atoms with van der Waals surface area (Å²) in [6.07, 6.45) is -2.32. The highest BCUT2D eigenvalue weighted by Gasteiger charge is 2.13. The predicted octanol–water partition coefficient (Wildman–Crippen LogP) is -0.0434. The Morgan fingerprint density at radius 2 is 2.00 bits per heavy atom. The zero-order valence-electron chi connectivity index (χ0n) is 8.19. The molecule has 0 radical (unpaired) electrons. The zero-order chi connectivity index (χ0) is 11.1. The van der Waals surface area contributed by atoms with Crippen LogP contribution < -0.4 is 5.32 Å². The minimum Gasteiger partial charge on any atom is -0.479 e. The minimum absolute atomic E-state index is 0.0392. The second-order valence-electron chi connectivity index (χ2n) is 3.02. The van der Waals surface area contributed by atoms with Crippen molar-refractivity contribution in [1.82, 2.24) is 5.32 Å². The normalized spacial score (nSPS) is 12.3. The van der Waals surface area contributed by atoms with E-state index in [1.54, 1.807) is 13.8 Å². The fourth-order valence-corrected chi connectivity index (χ4v) is 0.690. The first-order valence-electron chi connectivity index (χ1n) is 4.29. The van der Waals surface area contributed by atoms with Gasteiger partial charge in [0, 0.05) is 13.0 Å². The molecule has 0 bridgehead atoms. The van der Waals surface area contributed by atoms with E-state index in [-0.39, 0.29) is 19.1 Å². The maximum absolute atomic E-state index is 10.8. The molecule has 0 aromatic heterocycles. The molecule has 0 heterocycles. The first-order chi connectivity index (χ1) is 6.43. The molecule has 0 rings (SSSR count). The third-order valence-corrected chi connectivity index (χ3v) is 1.31. The van der Waals surface area contributed by atoms with Gasteiger partial charge in [-0.3, -0.25) is 0 Å². The van der Waals surface area contributed by atoms with Crippen LogP contribution in [-0.4, -0.2) is 41.0 Å². The van der Waals surface area contributed by atoms with E-state index in [4.69, 9.17) is 14.9 Å². The van der Waals surface area contributed by atoms with Gasteiger partial charge in [-0.25, -0.2) is 9.59 Å². The maximum Gasteiger partial charge on any atom is 0.407 e. The fourth-order valence-electron chi connectivity index (χ4n) is 0.690. The van der Waals surface area contributed by atoms with Crippen LogP contribution in [0.25, 0.3) is 0 Å². The molecular formula is C8H15NO5. The summed E-state index contributed by atoms with van der Waals surface area (Å²) in [4.78, 5) is 21.0. The molecule has 0 aliphatic heterocycles. The van der Waals surface area contributed by atoms with Crippen LogP contribution >= 0.6 is 0 Å². The smallest absolute Gasteiger partial charge is 0.407 e. The van der Waals surface area contributed by atoms with Gasteiger partial charge in [-0.1, -0.05) is 0 Å². The first-order valence-corrected chi connectivity index (χ1v) is 4.29. The summed E-state index contributed by atoms with van der Waals surface area (Å²) in [6, 6.07) is 0. The van der Waals surface area contributed by atoms with Crippen molar-refractivity contribution < 1.29 is 24.5 Å². The van der Waals surface area contributed by atoms with Crippen LogP contribution in [0, 0.1) is 0 Å². The number of carboxylic acid groups (broad SMARTS) is 1. The largest absolute Gasteiger partial charge is 0.479 e. The number of rotatable bonds is 5. The number of hydrogen-bond donors (Lipinski definition) is 3. The van der Waals surface area contributed by atoms with Crippen molar-refractivity contribution in [1.29, 1.82) is 0 Å². The molecule has 1 atom stereocenters. The molecule has 0 aliphatic carbocycles. The minimum atomic E-state index is -1.45. The van der Waals surface area contributed by atoms with Gasteiger partial charge in [-0.05, 0) is 13.8 Å². The molecule has 82 valence electrons. The molecule has 6 heteroatoms. The second-order valence-corrected chi connectivity index (χ2v) is 3.02. The lowest BCUT2D eigenvalue weighted by molar-refractivity contribution is -0.146. The zero-order valence-corrected chi connectivity index (χ0v) is 8.19. The van der Waals surface area contributed by atoms with Gasteiger partial charge in [0.1, 0.15) is 0 Å². The Labute approximate surface area is 81.9 Å². The summed E-state index contributed by atoms with van der Waals surface area (Å²) >= 11 is 0. The van der Waals surface area contributed by atoms with Crippen LogP contribution in [0.4, 0.5) is 4.79 Å². The number of carboxylic acids is 1. The monoisotopic (exact) mass is 205 g/mol. The molecule has 0 aromatic rings. The Hall–Kier alpha value is -1.30. The highest BCUT2D eigenvalue weighted by atomic mass is 16.6. The SMILES string of the molecule is CC(C)OC(=O)NCCC(O)C(=O)O. The molecule has 0 fully saturated rings. The van der Waals surface area contributed by atoms with Gasteiger partial charge in [0.2, 0.25) is 0 Å². The quantitative estimate of drug-likeness (QED) is 0.585. The van der Waals surface area contributed by atoms with Gasteiger partial charge in [0.25, 0.3) is 0 Å². The third-order valence-electron chi connectivity index (χ3n) is 1.31. The Balaban J connectivity index is 3.54. The number of carbonyl (C=O) groups is 2. The van der Waals surface area contributed by atoms with Gasteiger partial charge >= 0.3 is 12.1 Å². The predicted molar refractivity (Wildman–Crippen MR) is 47.9 cm³/mol. The molecule has 0 saturated heterocycles. The van der Waals surface area contributed by atoms with Crippen LogP contribution in [-0.2, 0) is 9.53 Å². The van der Waals surface area contributed by atoms with Crippen molar-refractivity contribution in [2.75, 3.05) is 6.54 Å². The van der Waals surface area contributed by atoms with Crippen molar-refractivity contribution >= 4 is 12.1 Å². The number of nitrogens with one attached hydrogen (secondary N) is 1. The highest BCUT2D eigenvalue weighted by molar-refractivity contribution is 5.72. The molecule has 1 unspecified atom stereocenters. The van der Waals surface area contributed by atoms with Crippen LogP contribution in [0.3, 0.4) is 0 Å². The van der Waals surface area contributed by atoms with Crippen molar-refractivity contribution in [2.45, 2.75) is 32.5 Å². The Kier molecular flexibility index (Phi) is 5.62. The van der Waals surface area contributed by atoms with Crippen molar-refractivity contribution in [2.24, 2.45) is 0 Å². The van der Waals surface area contributed by atoms with Gasteiger partial charge in [0.05, 0.1) is 6.10 Å². The van der Waals surface area contributed by atoms with Crippen molar-refractivity contribution in [3.8, 4) is 0 Å². The maximum atomic E-state index is 10.8. The molecule has 0 saturated carbocycles. The summed E-state index contributed by atoms with van der Waals surface area (Å²) < 4.78 is 4.71. The number of aliphatic hydroxyl groups is 1. The lowest BCUT2D eigenvalue weighted by Crippen LogP contribution is -2.31. The van der Waals surface area contributed by atoms with Crippen LogP contribution in [0.15, 0.2) is 0 Å². The van der Waals surface area contributed by atoms with Crippen LogP contribution in [0.1, 0.15) is 20.3 Å². The van der Waals surface area contributed by atoms with Gasteiger partial charge in [0.15, 0.2) is 6.10 Å². The Morgan fingerprint density at radius 3 is 2.43 bits per heavy atom. The lowest BCUT2D eigenvalue weighted by Gasteiger charge is -2.10. The summed E-state index contributed by atoms with van der Waals surface area (Å²) in [5, 5.41) is 19.4. The summed E-state index contributed by atoms with van der Waals surface area (Å²) in [7, 11) is 0. The highest BCUT2D eigenvalue weighted by Crippen LogP contribution is 1.91. The average Bonchev–Trinajstić information content (AvgIpc) is 2.02. The molecule has 0 aromatic carbocycles. The number of amides is 1. The number of aliphatic hydroxyl groups excluding tert-OH is 1. The van der Waals surface area contributed by atoms with E-state index in [0.717, 1.165) is 0 Å². The standard InChI is InChI=1S/C8H15NO5/c1-5(2)14-8(13)9-4-3-6(10)7(11)12/h5-6,10H,3-4H2,1-2H3,(H,9,13)(H,11,12). The molecule has 0 aliphatic rings. The summed E-state index contributed by atoms with van der Waals surface area (Å²) in [5.74, 6) is -1.30. The van der Waals surface area contributed by atoms with Crippen LogP contribution in [0.5, 0.6) is 0 Å². The molecular weight excluding hydrogens is 190 g/mol. The van der Waals surface area contributed by atoms with E-state index in [0.29, 0.717) is 0 Å². The number of alkyl carbamates (subject to hydrolysis) is 1. The molecule has 6 nitrogen and oxygen atoms in total. The molecule has 1 amide bonds. The number of hydrogen-bond acceptors (Lipinski definition) is 4. The molecule has 0 spiro atoms. The van der Waals surface area contributed by atoms with Crippen molar-refractivity contribution in [3.63, 3.8) is 0 Å². The van der Waals surface area contributed by atoms with Gasteiger partial charge in [-0.2, -0.15) is 0 Å². The van der Waals surface area contributed by atoms with Gasteiger partial charge < -0.3 is 20.3 Å². The van der Waals surface area contributed by atoms with Crippen molar-refractivity contribution in [3.05, 3.63) is 0 Å². The van der Waals surface area contributed by atoms with E-state index < -0.39 is 18.2 Å². The van der Waals surface area contributed by atoms with Crippen LogP contribution in [0.2, 0.25) is 0 Å². The average molecular weight is 205 g/mol. The second kappa shape index (κ2) is 6.20. The fraction of sp³-hybridized carbons (Fsp3) is 0.750. The van der Waals surface area contributed by atoms with E-state index in [1.807, 2.05) is 0 Å². The van der Waals surface area contributed by atoms with E-state index in [2.05, 4.69) is 5.32 Å². The Bertz CT molecular complexity index is 204. The first kappa shape index (κ1) is 12.7. The molecule has 3 N–H and O–H groups in total. The third kappa shape index (κ3) is 6.24. The summed E-state index contributed by atoms with van der Waals surface area (Å²) in [6.45, 7) is 3.47. The van der Waals surface area contributed by atoms with E-state index in [9.17, 15) is 9.59 Å². The van der Waals surface area contributed by atoms with Gasteiger partial charge in [-0.15, -0.1) is 0 Å². The number of carbonyl (C=O) groups excluding carboxylic acids is 1. The van der Waals surface area contributed by atoms with E-state index in [1.165, 1.54) is 0 Å². The Morgan fingerprint density at radius 1 is 1.43 bits per heavy atom. The lowest BCUT2D eigenvalue weighted by atomic mass is 10.2. The summed E-state index contributed by atoms with van der Waals surface area (Å²) in [5.41, 5.74) is 0. The number of aliphatic carboxylic acids is 1. The molecule has 14 heavy (non-hydrogen) atoms. The topological polar surface area (TPSA) is 95.9 Å².